The summed E-state index contributed by atoms with van der Waals surface area (Å²) in [6, 6.07) is 12.6. The Labute approximate surface area is 201 Å². The van der Waals surface area contributed by atoms with Gasteiger partial charge in [0.15, 0.2) is 5.78 Å². The molecule has 0 bridgehead atoms. The van der Waals surface area contributed by atoms with Crippen LogP contribution in [0.5, 0.6) is 0 Å². The highest BCUT2D eigenvalue weighted by molar-refractivity contribution is 6.11. The van der Waals surface area contributed by atoms with Gasteiger partial charge in [-0.15, -0.1) is 5.10 Å². The molecule has 1 aliphatic rings. The van der Waals surface area contributed by atoms with Gasteiger partial charge in [-0.1, -0.05) is 32.9 Å². The molecule has 1 fully saturated rings. The lowest BCUT2D eigenvalue weighted by Crippen LogP contribution is -2.41. The lowest BCUT2D eigenvalue weighted by atomic mass is 9.91. The molecular formula is C24H25N7O4. The Morgan fingerprint density at radius 2 is 1.80 bits per heavy atom. The van der Waals surface area contributed by atoms with Crippen molar-refractivity contribution >= 4 is 29.3 Å². The predicted molar refractivity (Wildman–Crippen MR) is 126 cm³/mol. The average molecular weight is 476 g/mol. The topological polar surface area (TPSA) is 139 Å². The van der Waals surface area contributed by atoms with Crippen molar-refractivity contribution in [2.24, 2.45) is 5.41 Å². The molecule has 4 rings (SSSR count). The number of nitrogens with zero attached hydrogens (tertiary/aromatic N) is 5. The van der Waals surface area contributed by atoms with Crippen LogP contribution in [0.1, 0.15) is 43.6 Å². The third-order valence-corrected chi connectivity index (χ3v) is 5.76. The van der Waals surface area contributed by atoms with Crippen LogP contribution >= 0.6 is 0 Å². The van der Waals surface area contributed by atoms with Gasteiger partial charge in [0.05, 0.1) is 12.2 Å². The molecule has 1 atom stereocenters. The quantitative estimate of drug-likeness (QED) is 0.412. The maximum absolute atomic E-state index is 13.3. The summed E-state index contributed by atoms with van der Waals surface area (Å²) in [7, 11) is 0. The highest BCUT2D eigenvalue weighted by Crippen LogP contribution is 2.30. The zero-order chi connectivity index (χ0) is 25.4. The number of imide groups is 1. The van der Waals surface area contributed by atoms with E-state index in [1.54, 1.807) is 76.2 Å². The van der Waals surface area contributed by atoms with Gasteiger partial charge >= 0.3 is 6.03 Å². The number of carbonyl (C=O) groups excluding carboxylic acids is 4. The fraction of sp³-hybridized carbons (Fsp3) is 0.292. The van der Waals surface area contributed by atoms with Crippen LogP contribution in [-0.4, -0.2) is 55.3 Å². The number of aromatic nitrogens is 4. The van der Waals surface area contributed by atoms with Crippen molar-refractivity contribution in [3.8, 4) is 5.69 Å². The fourth-order valence-corrected chi connectivity index (χ4v) is 3.57. The molecule has 2 aromatic carbocycles. The third kappa shape index (κ3) is 4.65. The first kappa shape index (κ1) is 23.7. The number of Topliss-reactive ketones (excluding diaryl/α,β-unsaturated/α-hetero) is 1. The Morgan fingerprint density at radius 1 is 1.09 bits per heavy atom. The van der Waals surface area contributed by atoms with Gasteiger partial charge in [-0.2, -0.15) is 0 Å². The number of ketones is 1. The van der Waals surface area contributed by atoms with E-state index in [-0.39, 0.29) is 5.91 Å². The van der Waals surface area contributed by atoms with Crippen LogP contribution in [0, 0.1) is 5.41 Å². The van der Waals surface area contributed by atoms with Crippen molar-refractivity contribution in [2.45, 2.75) is 33.2 Å². The monoisotopic (exact) mass is 475 g/mol. The molecule has 11 heteroatoms. The molecule has 35 heavy (non-hydrogen) atoms. The Kier molecular flexibility index (Phi) is 5.93. The van der Waals surface area contributed by atoms with Crippen molar-refractivity contribution < 1.29 is 19.2 Å². The highest BCUT2D eigenvalue weighted by atomic mass is 16.2. The summed E-state index contributed by atoms with van der Waals surface area (Å²) in [6.07, 6.45) is 1.42. The number of hydrogen-bond donors (Lipinski definition) is 2. The van der Waals surface area contributed by atoms with E-state index in [9.17, 15) is 19.2 Å². The summed E-state index contributed by atoms with van der Waals surface area (Å²) in [5.74, 6) is -1.10. The second-order valence-corrected chi connectivity index (χ2v) is 9.46. The van der Waals surface area contributed by atoms with Gasteiger partial charge in [-0.3, -0.25) is 19.3 Å². The Morgan fingerprint density at radius 3 is 2.43 bits per heavy atom. The van der Waals surface area contributed by atoms with Crippen LogP contribution in [-0.2, 0) is 15.1 Å². The Bertz CT molecular complexity index is 1300. The van der Waals surface area contributed by atoms with Gasteiger partial charge in [-0.25, -0.2) is 9.48 Å². The first-order chi connectivity index (χ1) is 16.5. The fourth-order valence-electron chi connectivity index (χ4n) is 3.57. The van der Waals surface area contributed by atoms with Crippen LogP contribution in [0.3, 0.4) is 0 Å². The molecule has 1 aromatic heterocycles. The minimum atomic E-state index is -1.36. The minimum Gasteiger partial charge on any atom is -0.326 e. The van der Waals surface area contributed by atoms with Crippen LogP contribution in [0.15, 0.2) is 54.9 Å². The average Bonchev–Trinajstić information content (AvgIpc) is 3.43. The summed E-state index contributed by atoms with van der Waals surface area (Å²) in [5, 5.41) is 16.5. The van der Waals surface area contributed by atoms with E-state index in [2.05, 4.69) is 26.2 Å². The molecule has 0 saturated carbocycles. The standard InChI is InChI=1S/C24H25N7O4/c1-23(2,3)20(33)26-17-10-8-15(9-11-17)19(32)13-30-21(34)24(4,27-22(30)35)16-6-5-7-18(12-16)31-14-25-28-29-31/h5-12,14H,13H2,1-4H3,(H,26,33)(H,27,35). The number of rotatable bonds is 6. The third-order valence-electron chi connectivity index (χ3n) is 5.76. The molecule has 1 saturated heterocycles. The second-order valence-electron chi connectivity index (χ2n) is 9.46. The number of hydrogen-bond acceptors (Lipinski definition) is 7. The molecule has 1 unspecified atom stereocenters. The number of anilines is 1. The number of amides is 4. The van der Waals surface area contributed by atoms with E-state index >= 15 is 0 Å². The summed E-state index contributed by atoms with van der Waals surface area (Å²) < 4.78 is 1.43. The first-order valence-corrected chi connectivity index (χ1v) is 10.9. The van der Waals surface area contributed by atoms with Crippen LogP contribution in [0.25, 0.3) is 5.69 Å². The summed E-state index contributed by atoms with van der Waals surface area (Å²) in [4.78, 5) is 51.9. The molecular weight excluding hydrogens is 450 g/mol. The maximum atomic E-state index is 13.3. The minimum absolute atomic E-state index is 0.153. The van der Waals surface area contributed by atoms with Gasteiger partial charge in [-0.05, 0) is 59.3 Å². The van der Waals surface area contributed by atoms with E-state index in [1.165, 1.54) is 11.0 Å². The largest absolute Gasteiger partial charge is 0.326 e. The number of urea groups is 1. The number of carbonyl (C=O) groups is 4. The Balaban J connectivity index is 1.48. The lowest BCUT2D eigenvalue weighted by molar-refractivity contribution is -0.130. The molecule has 180 valence electrons. The van der Waals surface area contributed by atoms with Gasteiger partial charge in [0.1, 0.15) is 11.9 Å². The highest BCUT2D eigenvalue weighted by Gasteiger charge is 2.49. The molecule has 1 aliphatic heterocycles. The van der Waals surface area contributed by atoms with Gasteiger partial charge in [0.2, 0.25) is 5.91 Å². The van der Waals surface area contributed by atoms with Crippen LogP contribution in [0.4, 0.5) is 10.5 Å². The van der Waals surface area contributed by atoms with Crippen molar-refractivity contribution in [3.63, 3.8) is 0 Å². The smallest absolute Gasteiger partial charge is 0.325 e. The lowest BCUT2D eigenvalue weighted by Gasteiger charge is -2.22. The zero-order valence-corrected chi connectivity index (χ0v) is 19.8. The predicted octanol–water partition coefficient (Wildman–Crippen LogP) is 2.30. The molecule has 0 aliphatic carbocycles. The zero-order valence-electron chi connectivity index (χ0n) is 19.8. The van der Waals surface area contributed by atoms with Crippen LogP contribution in [0.2, 0.25) is 0 Å². The molecule has 11 nitrogen and oxygen atoms in total. The molecule has 4 amide bonds. The molecule has 3 aromatic rings. The van der Waals surface area contributed by atoms with Crippen molar-refractivity contribution in [1.82, 2.24) is 30.4 Å². The molecule has 0 spiro atoms. The SMILES string of the molecule is CC(C)(C)C(=O)Nc1ccc(C(=O)CN2C(=O)NC(C)(c3cccc(-n4cnnn4)c3)C2=O)cc1. The van der Waals surface area contributed by atoms with Gasteiger partial charge < -0.3 is 10.6 Å². The summed E-state index contributed by atoms with van der Waals surface area (Å²) >= 11 is 0. The van der Waals surface area contributed by atoms with E-state index in [1.807, 2.05) is 0 Å². The number of nitrogens with one attached hydrogen (secondary N) is 2. The number of benzene rings is 2. The van der Waals surface area contributed by atoms with E-state index in [0.29, 0.717) is 22.5 Å². The van der Waals surface area contributed by atoms with Crippen LogP contribution < -0.4 is 10.6 Å². The normalized spacial score (nSPS) is 17.9. The second kappa shape index (κ2) is 8.75. The van der Waals surface area contributed by atoms with E-state index in [0.717, 1.165) is 4.90 Å². The van der Waals surface area contributed by atoms with Gasteiger partial charge in [0.25, 0.3) is 5.91 Å². The molecule has 2 N–H and O–H groups in total. The summed E-state index contributed by atoms with van der Waals surface area (Å²) in [6.45, 7) is 6.57. The molecule has 2 heterocycles. The van der Waals surface area contributed by atoms with E-state index < -0.39 is 35.2 Å². The Hall–Kier alpha value is -4.41. The van der Waals surface area contributed by atoms with Crippen molar-refractivity contribution in [3.05, 3.63) is 66.0 Å². The number of tetrazole rings is 1. The van der Waals surface area contributed by atoms with Gasteiger partial charge in [0, 0.05) is 16.7 Å². The van der Waals surface area contributed by atoms with Crippen molar-refractivity contribution in [2.75, 3.05) is 11.9 Å². The molecule has 0 radical (unpaired) electrons. The van der Waals surface area contributed by atoms with E-state index in [4.69, 9.17) is 0 Å². The first-order valence-electron chi connectivity index (χ1n) is 10.9. The van der Waals surface area contributed by atoms with Crippen molar-refractivity contribution in [1.29, 1.82) is 0 Å². The maximum Gasteiger partial charge on any atom is 0.325 e. The summed E-state index contributed by atoms with van der Waals surface area (Å²) in [5.41, 5.74) is 0.0838.